The van der Waals surface area contributed by atoms with Gasteiger partial charge in [-0.25, -0.2) is 4.98 Å². The molecule has 4 nitrogen and oxygen atoms in total. The molecule has 0 spiro atoms. The van der Waals surface area contributed by atoms with Crippen molar-refractivity contribution in [2.24, 2.45) is 11.3 Å². The Labute approximate surface area is 170 Å². The monoisotopic (exact) mass is 396 g/mol. The molecule has 148 valence electrons. The van der Waals surface area contributed by atoms with Crippen LogP contribution in [0.15, 0.2) is 35.4 Å². The van der Waals surface area contributed by atoms with Crippen LogP contribution in [0.3, 0.4) is 0 Å². The van der Waals surface area contributed by atoms with Gasteiger partial charge in [0.15, 0.2) is 0 Å². The van der Waals surface area contributed by atoms with Gasteiger partial charge < -0.3 is 4.74 Å². The van der Waals surface area contributed by atoms with Crippen molar-refractivity contribution in [1.82, 2.24) is 9.55 Å². The van der Waals surface area contributed by atoms with E-state index in [-0.39, 0.29) is 5.56 Å². The molecule has 0 bridgehead atoms. The van der Waals surface area contributed by atoms with Crippen LogP contribution in [0, 0.1) is 18.3 Å². The first-order valence-corrected chi connectivity index (χ1v) is 10.8. The fourth-order valence-electron chi connectivity index (χ4n) is 4.07. The molecule has 0 radical (unpaired) electrons. The van der Waals surface area contributed by atoms with E-state index in [4.69, 9.17) is 4.74 Å². The van der Waals surface area contributed by atoms with Crippen molar-refractivity contribution in [3.8, 4) is 5.75 Å². The smallest absolute Gasteiger partial charge is 0.262 e. The molecule has 0 N–H and O–H groups in total. The number of aromatic nitrogens is 2. The molecule has 0 saturated heterocycles. The van der Waals surface area contributed by atoms with Gasteiger partial charge in [-0.2, -0.15) is 0 Å². The van der Waals surface area contributed by atoms with Gasteiger partial charge in [0.1, 0.15) is 17.2 Å². The molecule has 1 atom stereocenters. The number of benzene rings is 1. The van der Waals surface area contributed by atoms with Crippen LogP contribution in [0.4, 0.5) is 0 Å². The molecule has 4 rings (SSSR count). The molecule has 1 aromatic carbocycles. The molecule has 0 amide bonds. The standard InChI is InChI=1S/C23H28N2O2S/c1-15-6-5-7-17(12-15)27-11-10-25-14-24-21-20(22(25)26)18-9-8-16(23(2,3)4)13-19(18)28-21/h5-7,12,14,16H,8-11,13H2,1-4H3/t16-/m1/s1. The number of fused-ring (bicyclic) bond motifs is 3. The third-order valence-corrected chi connectivity index (χ3v) is 7.01. The number of rotatable bonds is 4. The summed E-state index contributed by atoms with van der Waals surface area (Å²) in [6.45, 7) is 9.94. The molecule has 2 aromatic heterocycles. The number of ether oxygens (including phenoxy) is 1. The quantitative estimate of drug-likeness (QED) is 0.624. The highest BCUT2D eigenvalue weighted by Crippen LogP contribution is 2.41. The van der Waals surface area contributed by atoms with Crippen molar-refractivity contribution in [3.63, 3.8) is 0 Å². The minimum atomic E-state index is 0.0737. The number of nitrogens with zero attached hydrogens (tertiary/aromatic N) is 2. The Morgan fingerprint density at radius 3 is 2.89 bits per heavy atom. The van der Waals surface area contributed by atoms with Gasteiger partial charge in [-0.15, -0.1) is 11.3 Å². The number of aryl methyl sites for hydroxylation is 2. The Morgan fingerprint density at radius 2 is 2.14 bits per heavy atom. The average Bonchev–Trinajstić information content (AvgIpc) is 3.01. The van der Waals surface area contributed by atoms with Crippen LogP contribution in [0.5, 0.6) is 5.75 Å². The summed E-state index contributed by atoms with van der Waals surface area (Å²) in [6, 6.07) is 7.97. The molecule has 1 aliphatic rings. The Morgan fingerprint density at radius 1 is 1.32 bits per heavy atom. The maximum absolute atomic E-state index is 13.1. The number of thiophene rings is 1. The summed E-state index contributed by atoms with van der Waals surface area (Å²) in [5, 5.41) is 0.838. The van der Waals surface area contributed by atoms with Crippen LogP contribution in [0.1, 0.15) is 43.2 Å². The highest BCUT2D eigenvalue weighted by Gasteiger charge is 2.31. The van der Waals surface area contributed by atoms with Gasteiger partial charge in [-0.1, -0.05) is 32.9 Å². The predicted molar refractivity (Wildman–Crippen MR) is 116 cm³/mol. The van der Waals surface area contributed by atoms with E-state index in [1.54, 1.807) is 22.2 Å². The molecular weight excluding hydrogens is 368 g/mol. The van der Waals surface area contributed by atoms with Gasteiger partial charge in [-0.3, -0.25) is 9.36 Å². The van der Waals surface area contributed by atoms with Gasteiger partial charge in [0.2, 0.25) is 0 Å². The lowest BCUT2D eigenvalue weighted by atomic mass is 9.72. The minimum absolute atomic E-state index is 0.0737. The van der Waals surface area contributed by atoms with Gasteiger partial charge in [0.25, 0.3) is 5.56 Å². The molecule has 0 fully saturated rings. The Bertz CT molecular complexity index is 1060. The number of hydrogen-bond acceptors (Lipinski definition) is 4. The molecule has 0 unspecified atom stereocenters. The second-order valence-electron chi connectivity index (χ2n) is 8.90. The van der Waals surface area contributed by atoms with Crippen molar-refractivity contribution in [2.45, 2.75) is 53.5 Å². The van der Waals surface area contributed by atoms with E-state index in [1.807, 2.05) is 31.2 Å². The van der Waals surface area contributed by atoms with Crippen molar-refractivity contribution in [1.29, 1.82) is 0 Å². The lowest BCUT2D eigenvalue weighted by Gasteiger charge is -2.33. The second kappa shape index (κ2) is 7.36. The zero-order valence-corrected chi connectivity index (χ0v) is 17.9. The maximum Gasteiger partial charge on any atom is 0.262 e. The normalized spacial score (nSPS) is 16.9. The molecule has 0 saturated carbocycles. The maximum atomic E-state index is 13.1. The van der Waals surface area contributed by atoms with Crippen molar-refractivity contribution >= 4 is 21.6 Å². The van der Waals surface area contributed by atoms with Gasteiger partial charge in [0, 0.05) is 4.88 Å². The number of hydrogen-bond donors (Lipinski definition) is 0. The van der Waals surface area contributed by atoms with E-state index < -0.39 is 0 Å². The molecular formula is C23H28N2O2S. The van der Waals surface area contributed by atoms with Crippen LogP contribution in [-0.4, -0.2) is 16.2 Å². The predicted octanol–water partition coefficient (Wildman–Crippen LogP) is 5.00. The van der Waals surface area contributed by atoms with Gasteiger partial charge in [-0.05, 0) is 60.8 Å². The Balaban J connectivity index is 1.55. The van der Waals surface area contributed by atoms with Crippen molar-refractivity contribution in [3.05, 3.63) is 57.0 Å². The van der Waals surface area contributed by atoms with E-state index in [0.29, 0.717) is 24.5 Å². The topological polar surface area (TPSA) is 44.1 Å². The molecule has 28 heavy (non-hydrogen) atoms. The van der Waals surface area contributed by atoms with E-state index >= 15 is 0 Å². The first-order valence-electron chi connectivity index (χ1n) is 10.0. The summed E-state index contributed by atoms with van der Waals surface area (Å²) in [5.74, 6) is 1.50. The molecule has 2 heterocycles. The third kappa shape index (κ3) is 3.72. The van der Waals surface area contributed by atoms with Crippen LogP contribution in [0.25, 0.3) is 10.2 Å². The second-order valence-corrected chi connectivity index (χ2v) is 9.98. The Hall–Kier alpha value is -2.14. The lowest BCUT2D eigenvalue weighted by Crippen LogP contribution is -2.27. The van der Waals surface area contributed by atoms with E-state index in [0.717, 1.165) is 40.8 Å². The zero-order chi connectivity index (χ0) is 19.9. The molecule has 5 heteroatoms. The van der Waals surface area contributed by atoms with Crippen molar-refractivity contribution < 1.29 is 4.74 Å². The molecule has 1 aliphatic carbocycles. The highest BCUT2D eigenvalue weighted by molar-refractivity contribution is 7.18. The van der Waals surface area contributed by atoms with Crippen LogP contribution < -0.4 is 10.3 Å². The Kier molecular flexibility index (Phi) is 5.04. The minimum Gasteiger partial charge on any atom is -0.492 e. The SMILES string of the molecule is Cc1cccc(OCCn2cnc3sc4c(c3c2=O)CC[C@@H](C(C)(C)C)C4)c1. The van der Waals surface area contributed by atoms with Crippen LogP contribution >= 0.6 is 11.3 Å². The summed E-state index contributed by atoms with van der Waals surface area (Å²) >= 11 is 1.71. The average molecular weight is 397 g/mol. The van der Waals surface area contributed by atoms with E-state index in [1.165, 1.54) is 10.4 Å². The van der Waals surface area contributed by atoms with Gasteiger partial charge in [0.05, 0.1) is 18.3 Å². The largest absolute Gasteiger partial charge is 0.492 e. The molecule has 0 aliphatic heterocycles. The molecule has 3 aromatic rings. The summed E-state index contributed by atoms with van der Waals surface area (Å²) in [4.78, 5) is 20.0. The summed E-state index contributed by atoms with van der Waals surface area (Å²) in [5.41, 5.74) is 2.78. The van der Waals surface area contributed by atoms with Gasteiger partial charge >= 0.3 is 0 Å². The lowest BCUT2D eigenvalue weighted by molar-refractivity contribution is 0.218. The first-order chi connectivity index (χ1) is 13.3. The summed E-state index contributed by atoms with van der Waals surface area (Å²) in [7, 11) is 0. The third-order valence-electron chi connectivity index (χ3n) is 5.85. The fourth-order valence-corrected chi connectivity index (χ4v) is 5.32. The van der Waals surface area contributed by atoms with Crippen LogP contribution in [0.2, 0.25) is 0 Å². The summed E-state index contributed by atoms with van der Waals surface area (Å²) < 4.78 is 7.51. The van der Waals surface area contributed by atoms with E-state index in [2.05, 4.69) is 25.8 Å². The van der Waals surface area contributed by atoms with E-state index in [9.17, 15) is 4.79 Å². The zero-order valence-electron chi connectivity index (χ0n) is 17.1. The van der Waals surface area contributed by atoms with Crippen molar-refractivity contribution in [2.75, 3.05) is 6.61 Å². The first kappa shape index (κ1) is 19.2. The summed E-state index contributed by atoms with van der Waals surface area (Å²) in [6.07, 6.45) is 4.87. The highest BCUT2D eigenvalue weighted by atomic mass is 32.1. The fraction of sp³-hybridized carbons (Fsp3) is 0.478. The van der Waals surface area contributed by atoms with Crippen LogP contribution in [-0.2, 0) is 19.4 Å².